The normalized spacial score (nSPS) is 16.9. The van der Waals surface area contributed by atoms with Crippen molar-refractivity contribution in [3.63, 3.8) is 0 Å². The fourth-order valence-corrected chi connectivity index (χ4v) is 7.92. The third-order valence-corrected chi connectivity index (χ3v) is 11.9. The van der Waals surface area contributed by atoms with Crippen molar-refractivity contribution in [2.75, 3.05) is 37.8 Å². The zero-order valence-corrected chi connectivity index (χ0v) is 38.0. The standard InChI is InChI=1S/C25H26N10O3.C21H16N8O4/c1-33(2)8-7-26-22(37)14-3-6-19-18(10-14)27-13-34(19)24-31-21-16(9-15-11-20(36)30-23(15)38)12-28-35(21)25(32-24)29-17-4-5-17;30-16-7-11(18(31)25-16)5-12-8-23-29-17(12)26-20(27-21(29)24-13-2-3-13)28-9-22-14-6-10(19(32)33)1-4-15(14)28/h3,6,9-10,12-13,17H,4-5,7-8,11H2,1-2H3,(H,26,37)(H,29,31,32)(H,30,36,38);1,4-6,8-9,13H,2-3,7H2,(H,32,33)(H,24,26,27)(H,25,30,31)/b15-9+;11-5+. The monoisotopic (exact) mass is 958 g/mol. The summed E-state index contributed by atoms with van der Waals surface area (Å²) in [5.41, 5.74) is 5.92. The smallest absolute Gasteiger partial charge is 0.335 e. The average molecular weight is 959 g/mol. The molecule has 25 nitrogen and oxygen atoms in total. The van der Waals surface area contributed by atoms with Crippen molar-refractivity contribution in [2.24, 2.45) is 0 Å². The highest BCUT2D eigenvalue weighted by atomic mass is 16.4. The van der Waals surface area contributed by atoms with Gasteiger partial charge in [0, 0.05) is 53.0 Å². The Morgan fingerprint density at radius 1 is 0.704 bits per heavy atom. The summed E-state index contributed by atoms with van der Waals surface area (Å²) in [5, 5.41) is 32.3. The van der Waals surface area contributed by atoms with Gasteiger partial charge in [-0.25, -0.2) is 14.8 Å². The number of amides is 5. The number of fused-ring (bicyclic) bond motifs is 4. The zero-order valence-electron chi connectivity index (χ0n) is 38.0. The number of carbonyl (C=O) groups is 6. The number of nitrogens with zero attached hydrogens (tertiary/aromatic N) is 13. The van der Waals surface area contributed by atoms with Crippen LogP contribution >= 0.6 is 0 Å². The molecule has 0 bridgehead atoms. The topological polar surface area (TPSA) is 308 Å². The van der Waals surface area contributed by atoms with Crippen LogP contribution in [-0.2, 0) is 19.2 Å². The van der Waals surface area contributed by atoms with Gasteiger partial charge in [0.15, 0.2) is 11.3 Å². The van der Waals surface area contributed by atoms with Gasteiger partial charge in [0.05, 0.1) is 52.9 Å². The van der Waals surface area contributed by atoms with Gasteiger partial charge >= 0.3 is 5.97 Å². The average Bonchev–Trinajstić information content (AvgIpc) is 3.96. The first kappa shape index (κ1) is 44.3. The molecule has 2 aromatic carbocycles. The van der Waals surface area contributed by atoms with Gasteiger partial charge in [-0.3, -0.25) is 43.7 Å². The molecule has 0 unspecified atom stereocenters. The predicted molar refractivity (Wildman–Crippen MR) is 253 cm³/mol. The number of carboxylic acids is 1. The van der Waals surface area contributed by atoms with E-state index in [1.54, 1.807) is 67.2 Å². The maximum Gasteiger partial charge on any atom is 0.335 e. The van der Waals surface area contributed by atoms with Gasteiger partial charge in [-0.1, -0.05) is 0 Å². The molecule has 0 radical (unpaired) electrons. The van der Waals surface area contributed by atoms with Crippen LogP contribution in [0.25, 0.3) is 57.4 Å². The van der Waals surface area contributed by atoms with Crippen molar-refractivity contribution < 1.29 is 33.9 Å². The molecule has 8 aromatic rings. The van der Waals surface area contributed by atoms with Crippen LogP contribution < -0.4 is 26.6 Å². The van der Waals surface area contributed by atoms with E-state index in [9.17, 15) is 33.9 Å². The summed E-state index contributed by atoms with van der Waals surface area (Å²) in [6.45, 7) is 1.29. The summed E-state index contributed by atoms with van der Waals surface area (Å²) in [7, 11) is 3.90. The van der Waals surface area contributed by atoms with Crippen LogP contribution in [0, 0.1) is 0 Å². The largest absolute Gasteiger partial charge is 0.478 e. The molecule has 2 saturated heterocycles. The molecular weight excluding hydrogens is 917 g/mol. The number of hydrogen-bond donors (Lipinski definition) is 6. The first-order valence-electron chi connectivity index (χ1n) is 22.6. The van der Waals surface area contributed by atoms with E-state index in [0.29, 0.717) is 92.1 Å². The molecule has 2 aliphatic carbocycles. The zero-order chi connectivity index (χ0) is 49.1. The minimum atomic E-state index is -1.04. The fourth-order valence-electron chi connectivity index (χ4n) is 7.92. The summed E-state index contributed by atoms with van der Waals surface area (Å²) in [5.74, 6) is -1.06. The van der Waals surface area contributed by atoms with E-state index in [4.69, 9.17) is 9.97 Å². The SMILES string of the molecule is CN(C)CCNC(=O)c1ccc2c(c1)ncn2-c1nc(NC2CC2)n2ncc(/C=C3\CC(=O)NC3=O)c2n1.O=C1C/C(=C\c2cnn3c(NC4CC4)nc(-n4cnc5cc(C(=O)O)ccc54)nc23)C(=O)N1. The number of carbonyl (C=O) groups excluding carboxylic acids is 5. The van der Waals surface area contributed by atoms with Crippen molar-refractivity contribution >= 4 is 92.9 Å². The van der Waals surface area contributed by atoms with E-state index in [-0.39, 0.29) is 42.2 Å². The van der Waals surface area contributed by atoms with Crippen LogP contribution in [0.5, 0.6) is 0 Å². The molecule has 8 heterocycles. The number of likely N-dealkylation sites (N-methyl/N-ethyl adjacent to an activating group) is 1. The Balaban J connectivity index is 0.000000155. The van der Waals surface area contributed by atoms with Crippen molar-refractivity contribution in [3.8, 4) is 11.9 Å². The number of rotatable bonds is 13. The van der Waals surface area contributed by atoms with Gasteiger partial charge < -0.3 is 26.0 Å². The van der Waals surface area contributed by atoms with E-state index in [2.05, 4.69) is 56.7 Å². The number of imidazole rings is 2. The maximum atomic E-state index is 12.6. The number of benzene rings is 2. The maximum absolute atomic E-state index is 12.6. The van der Waals surface area contributed by atoms with Crippen LogP contribution in [-0.4, -0.2) is 143 Å². The highest BCUT2D eigenvalue weighted by molar-refractivity contribution is 6.16. The Kier molecular flexibility index (Phi) is 11.0. The predicted octanol–water partition coefficient (Wildman–Crippen LogP) is 1.92. The number of aromatic carboxylic acids is 1. The van der Waals surface area contributed by atoms with Crippen molar-refractivity contribution in [1.29, 1.82) is 0 Å². The molecule has 5 amide bonds. The molecule has 25 heteroatoms. The van der Waals surface area contributed by atoms with Gasteiger partial charge in [-0.05, 0) is 88.3 Å². The molecule has 358 valence electrons. The molecule has 4 aliphatic rings. The molecule has 4 fully saturated rings. The van der Waals surface area contributed by atoms with Gasteiger partial charge in [0.25, 0.3) is 17.7 Å². The molecule has 6 aromatic heterocycles. The summed E-state index contributed by atoms with van der Waals surface area (Å²) in [6, 6.07) is 10.5. The fraction of sp³-hybridized carbons (Fsp3) is 0.261. The Labute approximate surface area is 400 Å². The first-order chi connectivity index (χ1) is 34.3. The molecule has 0 spiro atoms. The van der Waals surface area contributed by atoms with Crippen LogP contribution in [0.15, 0.2) is 72.6 Å². The van der Waals surface area contributed by atoms with E-state index in [1.807, 2.05) is 25.1 Å². The molecule has 71 heavy (non-hydrogen) atoms. The highest BCUT2D eigenvalue weighted by Crippen LogP contribution is 2.29. The Hall–Kier alpha value is -9.26. The molecule has 2 saturated carbocycles. The van der Waals surface area contributed by atoms with Crippen LogP contribution in [0.1, 0.15) is 70.4 Å². The van der Waals surface area contributed by atoms with E-state index >= 15 is 0 Å². The van der Waals surface area contributed by atoms with E-state index in [1.165, 1.54) is 18.5 Å². The van der Waals surface area contributed by atoms with E-state index < -0.39 is 17.8 Å². The number of nitrogens with one attached hydrogen (secondary N) is 5. The minimum Gasteiger partial charge on any atom is -0.478 e. The third kappa shape index (κ3) is 8.98. The quantitative estimate of drug-likeness (QED) is 0.0710. The van der Waals surface area contributed by atoms with Crippen molar-refractivity contribution in [3.05, 3.63) is 94.8 Å². The molecule has 6 N–H and O–H groups in total. The molecule has 2 aliphatic heterocycles. The van der Waals surface area contributed by atoms with Gasteiger partial charge in [0.1, 0.15) is 12.7 Å². The Morgan fingerprint density at radius 3 is 1.62 bits per heavy atom. The second-order valence-electron chi connectivity index (χ2n) is 17.7. The number of aromatic nitrogens is 12. The molecular formula is C46H42N18O7. The van der Waals surface area contributed by atoms with Gasteiger partial charge in [-0.15, -0.1) is 0 Å². The van der Waals surface area contributed by atoms with Crippen LogP contribution in [0.4, 0.5) is 11.9 Å². The van der Waals surface area contributed by atoms with Crippen LogP contribution in [0.3, 0.4) is 0 Å². The number of anilines is 2. The van der Waals surface area contributed by atoms with E-state index in [0.717, 1.165) is 37.7 Å². The lowest BCUT2D eigenvalue weighted by Gasteiger charge is -2.11. The second-order valence-corrected chi connectivity index (χ2v) is 17.7. The Morgan fingerprint density at radius 2 is 1.18 bits per heavy atom. The summed E-state index contributed by atoms with van der Waals surface area (Å²) in [4.78, 5) is 101. The first-order valence-corrected chi connectivity index (χ1v) is 22.6. The highest BCUT2D eigenvalue weighted by Gasteiger charge is 2.29. The molecule has 12 rings (SSSR count). The number of imide groups is 2. The van der Waals surface area contributed by atoms with Crippen molar-refractivity contribution in [2.45, 2.75) is 50.6 Å². The lowest BCUT2D eigenvalue weighted by atomic mass is 10.1. The number of hydrogen-bond acceptors (Lipinski definition) is 17. The molecule has 0 atom stereocenters. The van der Waals surface area contributed by atoms with Crippen molar-refractivity contribution in [1.82, 2.24) is 79.1 Å². The van der Waals surface area contributed by atoms with Gasteiger partial charge in [0.2, 0.25) is 35.6 Å². The third-order valence-electron chi connectivity index (χ3n) is 11.9. The lowest BCUT2D eigenvalue weighted by Crippen LogP contribution is -2.31. The second kappa shape index (κ2) is 17.7. The summed E-state index contributed by atoms with van der Waals surface area (Å²) < 4.78 is 6.56. The summed E-state index contributed by atoms with van der Waals surface area (Å²) in [6.07, 6.45) is 13.7. The lowest BCUT2D eigenvalue weighted by molar-refractivity contribution is -0.125. The Bertz CT molecular complexity index is 3630. The summed E-state index contributed by atoms with van der Waals surface area (Å²) >= 11 is 0. The van der Waals surface area contributed by atoms with Crippen LogP contribution in [0.2, 0.25) is 0 Å². The minimum absolute atomic E-state index is 0.000631. The van der Waals surface area contributed by atoms with Gasteiger partial charge in [-0.2, -0.15) is 39.2 Å². The number of carboxylic acid groups (broad SMARTS) is 1.